The lowest BCUT2D eigenvalue weighted by molar-refractivity contribution is -0.00998. The zero-order chi connectivity index (χ0) is 14.7. The van der Waals surface area contributed by atoms with Crippen molar-refractivity contribution in [1.29, 1.82) is 5.26 Å². The summed E-state index contributed by atoms with van der Waals surface area (Å²) in [6.45, 7) is 6.59. The number of aromatic nitrogens is 1. The van der Waals surface area contributed by atoms with Gasteiger partial charge in [0.15, 0.2) is 0 Å². The molecule has 108 valence electrons. The van der Waals surface area contributed by atoms with E-state index in [1.165, 1.54) is 6.42 Å². The second-order valence-electron chi connectivity index (χ2n) is 6.14. The molecule has 1 aromatic rings. The Morgan fingerprint density at radius 1 is 1.45 bits per heavy atom. The first-order chi connectivity index (χ1) is 9.51. The minimum absolute atomic E-state index is 0.0162. The lowest BCUT2D eigenvalue weighted by atomic mass is 9.76. The minimum Gasteiger partial charge on any atom is -0.457 e. The van der Waals surface area contributed by atoms with Gasteiger partial charge in [0.2, 0.25) is 0 Å². The molecule has 0 saturated heterocycles. The Bertz CT molecular complexity index is 513. The summed E-state index contributed by atoms with van der Waals surface area (Å²) >= 11 is 0. The number of H-pyrrole nitrogens is 1. The predicted molar refractivity (Wildman–Crippen MR) is 76.1 cm³/mol. The number of nitrogens with one attached hydrogen (secondary N) is 1. The zero-order valence-electron chi connectivity index (χ0n) is 12.3. The van der Waals surface area contributed by atoms with Crippen LogP contribution in [0.15, 0.2) is 12.1 Å². The van der Waals surface area contributed by atoms with Crippen molar-refractivity contribution in [2.75, 3.05) is 0 Å². The van der Waals surface area contributed by atoms with E-state index in [0.717, 1.165) is 12.8 Å². The third-order valence-electron chi connectivity index (χ3n) is 4.39. The van der Waals surface area contributed by atoms with Crippen molar-refractivity contribution in [3.05, 3.63) is 23.5 Å². The topological polar surface area (TPSA) is 65.9 Å². The van der Waals surface area contributed by atoms with E-state index in [9.17, 15) is 4.79 Å². The van der Waals surface area contributed by atoms with Gasteiger partial charge in [0.05, 0.1) is 0 Å². The van der Waals surface area contributed by atoms with Crippen LogP contribution in [-0.4, -0.2) is 17.1 Å². The molecule has 4 nitrogen and oxygen atoms in total. The van der Waals surface area contributed by atoms with Crippen LogP contribution in [0.2, 0.25) is 0 Å². The molecule has 1 aliphatic rings. The monoisotopic (exact) mass is 274 g/mol. The maximum Gasteiger partial charge on any atom is 0.355 e. The summed E-state index contributed by atoms with van der Waals surface area (Å²) in [7, 11) is 0. The summed E-state index contributed by atoms with van der Waals surface area (Å²) < 4.78 is 5.65. The van der Waals surface area contributed by atoms with Gasteiger partial charge in [0.1, 0.15) is 23.6 Å². The number of hydrogen-bond donors (Lipinski definition) is 1. The van der Waals surface area contributed by atoms with Gasteiger partial charge in [0.25, 0.3) is 0 Å². The Morgan fingerprint density at radius 3 is 2.80 bits per heavy atom. The van der Waals surface area contributed by atoms with E-state index in [4.69, 9.17) is 10.00 Å². The summed E-state index contributed by atoms with van der Waals surface area (Å²) in [6, 6.07) is 5.17. The van der Waals surface area contributed by atoms with Crippen molar-refractivity contribution in [3.8, 4) is 6.07 Å². The maximum atomic E-state index is 12.1. The average molecular weight is 274 g/mol. The molecular weight excluding hydrogens is 252 g/mol. The van der Waals surface area contributed by atoms with Gasteiger partial charge < -0.3 is 9.72 Å². The van der Waals surface area contributed by atoms with Gasteiger partial charge in [-0.1, -0.05) is 20.8 Å². The zero-order valence-corrected chi connectivity index (χ0v) is 12.3. The third kappa shape index (κ3) is 3.22. The Hall–Kier alpha value is -1.76. The fraction of sp³-hybridized carbons (Fsp3) is 0.625. The molecule has 2 rings (SSSR count). The van der Waals surface area contributed by atoms with E-state index < -0.39 is 0 Å². The molecule has 1 fully saturated rings. The Labute approximate surface area is 120 Å². The van der Waals surface area contributed by atoms with Crippen LogP contribution in [0.4, 0.5) is 0 Å². The van der Waals surface area contributed by atoms with Gasteiger partial charge in [-0.15, -0.1) is 0 Å². The first-order valence-corrected chi connectivity index (χ1v) is 7.31. The number of ether oxygens (including phenoxy) is 1. The van der Waals surface area contributed by atoms with E-state index in [-0.39, 0.29) is 12.1 Å². The molecule has 0 radical (unpaired) electrons. The van der Waals surface area contributed by atoms with Gasteiger partial charge >= 0.3 is 5.97 Å². The van der Waals surface area contributed by atoms with E-state index in [2.05, 4.69) is 25.8 Å². The molecule has 1 saturated carbocycles. The van der Waals surface area contributed by atoms with Crippen molar-refractivity contribution < 1.29 is 9.53 Å². The molecule has 1 N–H and O–H groups in total. The van der Waals surface area contributed by atoms with Crippen molar-refractivity contribution in [1.82, 2.24) is 4.98 Å². The largest absolute Gasteiger partial charge is 0.457 e. The van der Waals surface area contributed by atoms with E-state index in [1.54, 1.807) is 12.1 Å². The number of carbonyl (C=O) groups is 1. The fourth-order valence-electron chi connectivity index (χ4n) is 2.86. The normalized spacial score (nSPS) is 26.2. The first kappa shape index (κ1) is 14.6. The quantitative estimate of drug-likeness (QED) is 0.858. The van der Waals surface area contributed by atoms with Crippen LogP contribution in [-0.2, 0) is 4.74 Å². The minimum atomic E-state index is -0.354. The summed E-state index contributed by atoms with van der Waals surface area (Å²) in [5.74, 6) is 1.30. The molecule has 0 aromatic carbocycles. The predicted octanol–water partition coefficient (Wildman–Crippen LogP) is 3.50. The summed E-state index contributed by atoms with van der Waals surface area (Å²) in [5, 5.41) is 8.76. The number of nitriles is 1. The van der Waals surface area contributed by atoms with Crippen molar-refractivity contribution in [3.63, 3.8) is 0 Å². The fourth-order valence-corrected chi connectivity index (χ4v) is 2.86. The molecule has 0 aliphatic heterocycles. The highest BCUT2D eigenvalue weighted by atomic mass is 16.5. The van der Waals surface area contributed by atoms with Gasteiger partial charge in [-0.3, -0.25) is 0 Å². The Morgan fingerprint density at radius 2 is 2.20 bits per heavy atom. The van der Waals surface area contributed by atoms with Crippen LogP contribution in [0.25, 0.3) is 0 Å². The van der Waals surface area contributed by atoms with Crippen LogP contribution in [0, 0.1) is 29.1 Å². The number of nitrogens with zero attached hydrogens (tertiary/aromatic N) is 1. The molecule has 0 bridgehead atoms. The molecule has 0 spiro atoms. The molecule has 1 aliphatic carbocycles. The first-order valence-electron chi connectivity index (χ1n) is 7.31. The lowest BCUT2D eigenvalue weighted by Gasteiger charge is -2.35. The second-order valence-corrected chi connectivity index (χ2v) is 6.14. The summed E-state index contributed by atoms with van der Waals surface area (Å²) in [5.41, 5.74) is 0.745. The van der Waals surface area contributed by atoms with Crippen LogP contribution in [0.5, 0.6) is 0 Å². The molecule has 0 amide bonds. The molecule has 3 unspecified atom stereocenters. The lowest BCUT2D eigenvalue weighted by Crippen LogP contribution is -2.34. The third-order valence-corrected chi connectivity index (χ3v) is 4.39. The standard InChI is InChI=1S/C16H22N2O2/c1-10(2)12-5-4-11(3)15(8-12)20-16(19)14-7-6-13(9-17)18-14/h6-7,10-12,15,18H,4-5,8H2,1-3H3. The number of esters is 1. The van der Waals surface area contributed by atoms with Gasteiger partial charge in [-0.2, -0.15) is 5.26 Å². The summed E-state index contributed by atoms with van der Waals surface area (Å²) in [4.78, 5) is 14.9. The van der Waals surface area contributed by atoms with Gasteiger partial charge in [-0.05, 0) is 49.1 Å². The Kier molecular flexibility index (Phi) is 4.49. The van der Waals surface area contributed by atoms with E-state index in [1.807, 2.05) is 6.07 Å². The van der Waals surface area contributed by atoms with Crippen molar-refractivity contribution in [2.45, 2.75) is 46.1 Å². The molecular formula is C16H22N2O2. The van der Waals surface area contributed by atoms with Crippen LogP contribution < -0.4 is 0 Å². The van der Waals surface area contributed by atoms with Crippen LogP contribution in [0.1, 0.15) is 56.2 Å². The number of carbonyl (C=O) groups excluding carboxylic acids is 1. The molecule has 20 heavy (non-hydrogen) atoms. The molecule has 1 aromatic heterocycles. The molecule has 3 atom stereocenters. The van der Waals surface area contributed by atoms with Gasteiger partial charge in [0, 0.05) is 0 Å². The Balaban J connectivity index is 2.00. The highest BCUT2D eigenvalue weighted by molar-refractivity contribution is 5.87. The SMILES string of the molecule is CC(C)C1CCC(C)C(OC(=O)c2ccc(C#N)[nH]2)C1. The van der Waals surface area contributed by atoms with Crippen LogP contribution >= 0.6 is 0 Å². The van der Waals surface area contributed by atoms with Crippen molar-refractivity contribution in [2.24, 2.45) is 17.8 Å². The number of hydrogen-bond acceptors (Lipinski definition) is 3. The molecule has 1 heterocycles. The van der Waals surface area contributed by atoms with E-state index >= 15 is 0 Å². The highest BCUT2D eigenvalue weighted by Gasteiger charge is 2.32. The maximum absolute atomic E-state index is 12.1. The average Bonchev–Trinajstić information content (AvgIpc) is 2.89. The smallest absolute Gasteiger partial charge is 0.355 e. The molecule has 4 heteroatoms. The number of rotatable bonds is 3. The van der Waals surface area contributed by atoms with Crippen LogP contribution in [0.3, 0.4) is 0 Å². The van der Waals surface area contributed by atoms with E-state index in [0.29, 0.717) is 29.1 Å². The second kappa shape index (κ2) is 6.13. The van der Waals surface area contributed by atoms with Crippen molar-refractivity contribution >= 4 is 5.97 Å². The highest BCUT2D eigenvalue weighted by Crippen LogP contribution is 2.35. The van der Waals surface area contributed by atoms with Gasteiger partial charge in [-0.25, -0.2) is 4.79 Å². The number of aromatic amines is 1. The summed E-state index contributed by atoms with van der Waals surface area (Å²) in [6.07, 6.45) is 3.25.